The highest BCUT2D eigenvalue weighted by atomic mass is 16.5. The highest BCUT2D eigenvalue weighted by Gasteiger charge is 2.18. The first-order chi connectivity index (χ1) is 17.2. The predicted molar refractivity (Wildman–Crippen MR) is 148 cm³/mol. The highest BCUT2D eigenvalue weighted by Crippen LogP contribution is 2.43. The van der Waals surface area contributed by atoms with Crippen molar-refractivity contribution in [2.75, 3.05) is 13.2 Å². The second-order valence-electron chi connectivity index (χ2n) is 9.62. The van der Waals surface area contributed by atoms with E-state index in [1.165, 1.54) is 38.5 Å². The maximum Gasteiger partial charge on any atom is 0.173 e. The van der Waals surface area contributed by atoms with Gasteiger partial charge < -0.3 is 14.2 Å². The van der Waals surface area contributed by atoms with Gasteiger partial charge in [-0.25, -0.2) is 0 Å². The molecule has 3 nitrogen and oxygen atoms in total. The Kier molecular flexibility index (Phi) is 11.3. The molecule has 0 fully saturated rings. The molecule has 190 valence electrons. The highest BCUT2D eigenvalue weighted by molar-refractivity contribution is 5.96. The van der Waals surface area contributed by atoms with E-state index < -0.39 is 0 Å². The van der Waals surface area contributed by atoms with E-state index in [4.69, 9.17) is 14.2 Å². The molecule has 2 atom stereocenters. The third-order valence-corrected chi connectivity index (χ3v) is 6.92. The molecule has 0 bridgehead atoms. The average molecular weight is 477 g/mol. The van der Waals surface area contributed by atoms with Crippen LogP contribution >= 0.6 is 0 Å². The fourth-order valence-electron chi connectivity index (χ4n) is 4.46. The lowest BCUT2D eigenvalue weighted by Gasteiger charge is -2.21. The second-order valence-corrected chi connectivity index (χ2v) is 9.62. The number of ether oxygens (including phenoxy) is 3. The maximum atomic E-state index is 6.61. The Labute approximate surface area is 212 Å². The Bertz CT molecular complexity index is 998. The zero-order valence-electron chi connectivity index (χ0n) is 22.2. The summed E-state index contributed by atoms with van der Waals surface area (Å²) in [7, 11) is 0. The molecule has 0 aliphatic carbocycles. The normalized spacial score (nSPS) is 12.9. The fourth-order valence-corrected chi connectivity index (χ4v) is 4.46. The molecule has 0 heterocycles. The number of fused-ring (bicyclic) bond motifs is 1. The van der Waals surface area contributed by atoms with Crippen LogP contribution in [0.1, 0.15) is 79.1 Å². The van der Waals surface area contributed by atoms with E-state index in [1.54, 1.807) is 0 Å². The minimum atomic E-state index is 0.529. The molecule has 0 N–H and O–H groups in total. The molecule has 0 aromatic heterocycles. The summed E-state index contributed by atoms with van der Waals surface area (Å²) in [6.45, 7) is 10.4. The molecule has 3 rings (SSSR count). The van der Waals surface area contributed by atoms with Gasteiger partial charge in [0.2, 0.25) is 0 Å². The van der Waals surface area contributed by atoms with Crippen molar-refractivity contribution in [3.63, 3.8) is 0 Å². The van der Waals surface area contributed by atoms with Crippen LogP contribution < -0.4 is 14.2 Å². The molecular formula is C32H44O3. The van der Waals surface area contributed by atoms with Gasteiger partial charge in [-0.2, -0.15) is 0 Å². The van der Waals surface area contributed by atoms with Gasteiger partial charge in [0.25, 0.3) is 0 Å². The van der Waals surface area contributed by atoms with Crippen molar-refractivity contribution < 1.29 is 14.2 Å². The Morgan fingerprint density at radius 3 is 1.91 bits per heavy atom. The van der Waals surface area contributed by atoms with Crippen LogP contribution in [0.25, 0.3) is 10.8 Å². The average Bonchev–Trinajstić information content (AvgIpc) is 2.90. The lowest BCUT2D eigenvalue weighted by Crippen LogP contribution is -2.13. The van der Waals surface area contributed by atoms with Crippen LogP contribution in [0.15, 0.2) is 60.7 Å². The minimum Gasteiger partial charge on any atom is -0.493 e. The van der Waals surface area contributed by atoms with Crippen LogP contribution in [0, 0.1) is 11.8 Å². The van der Waals surface area contributed by atoms with Crippen LogP contribution in [0.5, 0.6) is 23.0 Å². The van der Waals surface area contributed by atoms with Crippen LogP contribution in [-0.2, 0) is 0 Å². The fraction of sp³-hybridized carbons (Fsp3) is 0.500. The monoisotopic (exact) mass is 476 g/mol. The van der Waals surface area contributed by atoms with Gasteiger partial charge in [-0.05, 0) is 54.3 Å². The van der Waals surface area contributed by atoms with Crippen molar-refractivity contribution in [1.82, 2.24) is 0 Å². The lowest BCUT2D eigenvalue weighted by atomic mass is 10.00. The van der Waals surface area contributed by atoms with E-state index in [1.807, 2.05) is 36.4 Å². The number of para-hydroxylation sites is 1. The molecule has 3 aromatic carbocycles. The molecule has 3 aromatic rings. The Hall–Kier alpha value is -2.68. The van der Waals surface area contributed by atoms with Gasteiger partial charge in [0.1, 0.15) is 11.5 Å². The molecule has 0 spiro atoms. The number of hydrogen-bond acceptors (Lipinski definition) is 3. The summed E-state index contributed by atoms with van der Waals surface area (Å²) in [5.74, 6) is 4.31. The number of hydrogen-bond donors (Lipinski definition) is 0. The second kappa shape index (κ2) is 14.7. The van der Waals surface area contributed by atoms with Gasteiger partial charge in [0.15, 0.2) is 11.5 Å². The Morgan fingerprint density at radius 1 is 0.629 bits per heavy atom. The molecule has 0 aliphatic rings. The summed E-state index contributed by atoms with van der Waals surface area (Å²) in [4.78, 5) is 0. The van der Waals surface area contributed by atoms with Crippen molar-refractivity contribution >= 4 is 10.8 Å². The van der Waals surface area contributed by atoms with Crippen molar-refractivity contribution in [2.24, 2.45) is 11.8 Å². The lowest BCUT2D eigenvalue weighted by molar-refractivity contribution is 0.224. The van der Waals surface area contributed by atoms with E-state index in [2.05, 4.69) is 52.0 Å². The third kappa shape index (κ3) is 7.92. The molecule has 0 saturated carbocycles. The molecule has 2 unspecified atom stereocenters. The van der Waals surface area contributed by atoms with E-state index in [9.17, 15) is 0 Å². The largest absolute Gasteiger partial charge is 0.493 e. The smallest absolute Gasteiger partial charge is 0.173 e. The molecule has 0 amide bonds. The van der Waals surface area contributed by atoms with Crippen molar-refractivity contribution in [2.45, 2.75) is 79.1 Å². The quantitative estimate of drug-likeness (QED) is 0.206. The Balaban J connectivity index is 1.95. The number of benzene rings is 3. The van der Waals surface area contributed by atoms with Crippen LogP contribution in [0.4, 0.5) is 0 Å². The van der Waals surface area contributed by atoms with Crippen molar-refractivity contribution in [3.05, 3.63) is 60.7 Å². The number of unbranched alkanes of at least 4 members (excludes halogenated alkanes) is 2. The standard InChI is InChI=1S/C32H44O3/c1-5-9-15-25(7-3)23-33-29-20-14-17-27-21-22-30(35-28-18-12-11-13-19-28)32(31(27)29)34-24-26(8-4)16-10-6-2/h11-14,17-22,25-26H,5-10,15-16,23-24H2,1-4H3. The summed E-state index contributed by atoms with van der Waals surface area (Å²) in [5, 5.41) is 2.12. The molecule has 0 radical (unpaired) electrons. The Morgan fingerprint density at radius 2 is 1.29 bits per heavy atom. The van der Waals surface area contributed by atoms with Crippen molar-refractivity contribution in [1.29, 1.82) is 0 Å². The SMILES string of the molecule is CCCCC(CC)COc1cccc2ccc(Oc3ccccc3)c(OCC(CC)CCCC)c12. The van der Waals surface area contributed by atoms with Gasteiger partial charge in [0, 0.05) is 0 Å². The van der Waals surface area contributed by atoms with Crippen LogP contribution in [0.3, 0.4) is 0 Å². The van der Waals surface area contributed by atoms with Gasteiger partial charge in [-0.3, -0.25) is 0 Å². The first kappa shape index (κ1) is 26.9. The van der Waals surface area contributed by atoms with E-state index >= 15 is 0 Å². The molecule has 35 heavy (non-hydrogen) atoms. The number of rotatable bonds is 16. The van der Waals surface area contributed by atoms with Gasteiger partial charge in [0.05, 0.1) is 18.6 Å². The van der Waals surface area contributed by atoms with Crippen LogP contribution in [0.2, 0.25) is 0 Å². The third-order valence-electron chi connectivity index (χ3n) is 6.92. The van der Waals surface area contributed by atoms with Gasteiger partial charge >= 0.3 is 0 Å². The summed E-state index contributed by atoms with van der Waals surface area (Å²) in [6.07, 6.45) is 9.54. The van der Waals surface area contributed by atoms with Gasteiger partial charge in [-0.15, -0.1) is 0 Å². The minimum absolute atomic E-state index is 0.529. The van der Waals surface area contributed by atoms with Gasteiger partial charge in [-0.1, -0.05) is 103 Å². The van der Waals surface area contributed by atoms with E-state index in [0.29, 0.717) is 18.4 Å². The zero-order valence-corrected chi connectivity index (χ0v) is 22.2. The summed E-state index contributed by atoms with van der Waals surface area (Å²) >= 11 is 0. The van der Waals surface area contributed by atoms with E-state index in [0.717, 1.165) is 53.2 Å². The molecule has 0 aliphatic heterocycles. The summed E-state index contributed by atoms with van der Waals surface area (Å²) in [6, 6.07) is 20.3. The predicted octanol–water partition coefficient (Wildman–Crippen LogP) is 9.82. The first-order valence-electron chi connectivity index (χ1n) is 13.7. The maximum absolute atomic E-state index is 6.61. The molecular weight excluding hydrogens is 432 g/mol. The molecule has 0 saturated heterocycles. The topological polar surface area (TPSA) is 27.7 Å². The first-order valence-corrected chi connectivity index (χ1v) is 13.7. The molecule has 3 heteroatoms. The zero-order chi connectivity index (χ0) is 24.9. The van der Waals surface area contributed by atoms with Crippen molar-refractivity contribution in [3.8, 4) is 23.0 Å². The summed E-state index contributed by atoms with van der Waals surface area (Å²) < 4.78 is 19.4. The van der Waals surface area contributed by atoms with E-state index in [-0.39, 0.29) is 0 Å². The summed E-state index contributed by atoms with van der Waals surface area (Å²) in [5.41, 5.74) is 0. The van der Waals surface area contributed by atoms with Crippen LogP contribution in [-0.4, -0.2) is 13.2 Å².